The van der Waals surface area contributed by atoms with E-state index in [1.807, 2.05) is 30.3 Å². The van der Waals surface area contributed by atoms with Crippen molar-refractivity contribution >= 4 is 5.96 Å². The standard InChI is InChI=1S/C20H34N4O/c1-3-13-24-14-11-17(16-24)15-23-20(21-4-2)22-12-10-19(25)18-8-6-5-7-9-18/h5-9,17,19,25H,3-4,10-16H2,1-2H3,(H2,21,22,23). The van der Waals surface area contributed by atoms with Gasteiger partial charge >= 0.3 is 0 Å². The van der Waals surface area contributed by atoms with E-state index in [-0.39, 0.29) is 0 Å². The second-order valence-corrected chi connectivity index (χ2v) is 6.82. The van der Waals surface area contributed by atoms with Gasteiger partial charge < -0.3 is 20.6 Å². The van der Waals surface area contributed by atoms with Crippen LogP contribution in [-0.4, -0.2) is 55.2 Å². The van der Waals surface area contributed by atoms with Gasteiger partial charge in [0, 0.05) is 26.2 Å². The van der Waals surface area contributed by atoms with E-state index >= 15 is 0 Å². The maximum Gasteiger partial charge on any atom is 0.191 e. The number of nitrogens with zero attached hydrogens (tertiary/aromatic N) is 2. The Morgan fingerprint density at radius 2 is 2.08 bits per heavy atom. The number of aliphatic hydroxyl groups excluding tert-OH is 1. The fraction of sp³-hybridized carbons (Fsp3) is 0.650. The molecule has 5 heteroatoms. The van der Waals surface area contributed by atoms with Crippen molar-refractivity contribution < 1.29 is 5.11 Å². The van der Waals surface area contributed by atoms with Crippen molar-refractivity contribution in [1.82, 2.24) is 15.5 Å². The van der Waals surface area contributed by atoms with Gasteiger partial charge in [0.2, 0.25) is 0 Å². The number of rotatable bonds is 9. The Morgan fingerprint density at radius 3 is 2.80 bits per heavy atom. The average molecular weight is 347 g/mol. The summed E-state index contributed by atoms with van der Waals surface area (Å²) in [6.45, 7) is 10.3. The molecule has 2 atom stereocenters. The highest BCUT2D eigenvalue weighted by molar-refractivity contribution is 5.79. The summed E-state index contributed by atoms with van der Waals surface area (Å²) in [5.74, 6) is 1.52. The van der Waals surface area contributed by atoms with Crippen molar-refractivity contribution in [3.63, 3.8) is 0 Å². The van der Waals surface area contributed by atoms with E-state index in [0.29, 0.717) is 18.9 Å². The molecule has 0 saturated carbocycles. The average Bonchev–Trinajstić information content (AvgIpc) is 3.08. The summed E-state index contributed by atoms with van der Waals surface area (Å²) in [6.07, 6.45) is 2.70. The van der Waals surface area contributed by atoms with Crippen LogP contribution >= 0.6 is 0 Å². The number of aliphatic hydroxyl groups is 1. The van der Waals surface area contributed by atoms with Gasteiger partial charge in [-0.2, -0.15) is 0 Å². The monoisotopic (exact) mass is 346 g/mol. The zero-order chi connectivity index (χ0) is 17.9. The van der Waals surface area contributed by atoms with Crippen molar-refractivity contribution in [2.24, 2.45) is 10.9 Å². The topological polar surface area (TPSA) is 59.9 Å². The molecule has 1 aromatic rings. The normalized spacial score (nSPS) is 19.8. The number of benzene rings is 1. The zero-order valence-corrected chi connectivity index (χ0v) is 15.7. The first kappa shape index (κ1) is 19.7. The van der Waals surface area contributed by atoms with E-state index in [1.165, 1.54) is 32.5 Å². The highest BCUT2D eigenvalue weighted by Gasteiger charge is 2.21. The van der Waals surface area contributed by atoms with Crippen LogP contribution in [0.15, 0.2) is 35.3 Å². The molecule has 0 bridgehead atoms. The summed E-state index contributed by atoms with van der Waals surface area (Å²) in [5, 5.41) is 16.9. The quantitative estimate of drug-likeness (QED) is 0.475. The number of nitrogens with one attached hydrogen (secondary N) is 2. The molecule has 0 spiro atoms. The van der Waals surface area contributed by atoms with Gasteiger partial charge in [-0.15, -0.1) is 0 Å². The maximum atomic E-state index is 10.2. The Bertz CT molecular complexity index is 506. The highest BCUT2D eigenvalue weighted by atomic mass is 16.3. The van der Waals surface area contributed by atoms with Crippen molar-refractivity contribution in [3.8, 4) is 0 Å². The molecule has 2 unspecified atom stereocenters. The molecule has 3 N–H and O–H groups in total. The molecule has 1 aromatic carbocycles. The van der Waals surface area contributed by atoms with Crippen molar-refractivity contribution in [1.29, 1.82) is 0 Å². The predicted molar refractivity (Wildman–Crippen MR) is 105 cm³/mol. The van der Waals surface area contributed by atoms with E-state index in [0.717, 1.165) is 24.6 Å². The Hall–Kier alpha value is -1.59. The predicted octanol–water partition coefficient (Wildman–Crippen LogP) is 2.40. The minimum atomic E-state index is -0.436. The lowest BCUT2D eigenvalue weighted by molar-refractivity contribution is 0.168. The highest BCUT2D eigenvalue weighted by Crippen LogP contribution is 2.17. The van der Waals surface area contributed by atoms with Crippen molar-refractivity contribution in [3.05, 3.63) is 35.9 Å². The minimum absolute atomic E-state index is 0.436. The van der Waals surface area contributed by atoms with Crippen LogP contribution in [0.3, 0.4) is 0 Å². The number of hydrogen-bond donors (Lipinski definition) is 3. The van der Waals surface area contributed by atoms with E-state index in [1.54, 1.807) is 0 Å². The molecule has 0 aromatic heterocycles. The number of aliphatic imine (C=N–C) groups is 1. The molecule has 1 saturated heterocycles. The SMILES string of the molecule is CCCN1CCC(CN=C(NCC)NCCC(O)c2ccccc2)C1. The van der Waals surface area contributed by atoms with Crippen LogP contribution in [0.5, 0.6) is 0 Å². The Labute approximate surface area is 152 Å². The zero-order valence-electron chi connectivity index (χ0n) is 15.7. The van der Waals surface area contributed by atoms with Crippen LogP contribution in [0, 0.1) is 5.92 Å². The summed E-state index contributed by atoms with van der Waals surface area (Å²) in [6, 6.07) is 9.81. The van der Waals surface area contributed by atoms with Gasteiger partial charge in [-0.3, -0.25) is 4.99 Å². The fourth-order valence-corrected chi connectivity index (χ4v) is 3.31. The first-order valence-electron chi connectivity index (χ1n) is 9.70. The van der Waals surface area contributed by atoms with Crippen LogP contribution in [0.4, 0.5) is 0 Å². The lowest BCUT2D eigenvalue weighted by Crippen LogP contribution is -2.38. The number of likely N-dealkylation sites (tertiary alicyclic amines) is 1. The van der Waals surface area contributed by atoms with Crippen LogP contribution in [0.2, 0.25) is 0 Å². The fourth-order valence-electron chi connectivity index (χ4n) is 3.31. The van der Waals surface area contributed by atoms with E-state index < -0.39 is 6.10 Å². The van der Waals surface area contributed by atoms with Gasteiger partial charge in [-0.1, -0.05) is 37.3 Å². The third-order valence-corrected chi connectivity index (χ3v) is 4.66. The molecule has 1 heterocycles. The first-order chi connectivity index (χ1) is 12.2. The first-order valence-corrected chi connectivity index (χ1v) is 9.70. The summed E-state index contributed by atoms with van der Waals surface area (Å²) in [4.78, 5) is 7.28. The van der Waals surface area contributed by atoms with Crippen molar-refractivity contribution in [2.75, 3.05) is 39.3 Å². The lowest BCUT2D eigenvalue weighted by atomic mass is 10.1. The van der Waals surface area contributed by atoms with Crippen molar-refractivity contribution in [2.45, 2.75) is 39.2 Å². The number of hydrogen-bond acceptors (Lipinski definition) is 3. The van der Waals surface area contributed by atoms with Gasteiger partial charge in [0.1, 0.15) is 0 Å². The molecule has 0 radical (unpaired) electrons. The Kier molecular flexibility index (Phi) is 8.77. The molecule has 0 amide bonds. The maximum absolute atomic E-state index is 10.2. The van der Waals surface area contributed by atoms with Gasteiger partial charge in [-0.25, -0.2) is 0 Å². The summed E-state index contributed by atoms with van der Waals surface area (Å²) >= 11 is 0. The second-order valence-electron chi connectivity index (χ2n) is 6.82. The molecule has 1 aliphatic heterocycles. The largest absolute Gasteiger partial charge is 0.388 e. The third kappa shape index (κ3) is 7.04. The van der Waals surface area contributed by atoms with Crippen LogP contribution < -0.4 is 10.6 Å². The van der Waals surface area contributed by atoms with Gasteiger partial charge in [-0.05, 0) is 50.8 Å². The molecular formula is C20H34N4O. The van der Waals surface area contributed by atoms with Gasteiger partial charge in [0.15, 0.2) is 5.96 Å². The molecule has 5 nitrogen and oxygen atoms in total. The molecule has 25 heavy (non-hydrogen) atoms. The smallest absolute Gasteiger partial charge is 0.191 e. The Balaban J connectivity index is 1.74. The van der Waals surface area contributed by atoms with Crippen LogP contribution in [0.1, 0.15) is 44.8 Å². The van der Waals surface area contributed by atoms with Gasteiger partial charge in [0.25, 0.3) is 0 Å². The molecule has 1 aliphatic rings. The summed E-state index contributed by atoms with van der Waals surface area (Å²) in [5.41, 5.74) is 0.966. The van der Waals surface area contributed by atoms with Gasteiger partial charge in [0.05, 0.1) is 6.10 Å². The molecule has 0 aliphatic carbocycles. The molecule has 2 rings (SSSR count). The molecule has 140 valence electrons. The van der Waals surface area contributed by atoms with E-state index in [9.17, 15) is 5.11 Å². The third-order valence-electron chi connectivity index (χ3n) is 4.66. The molecule has 1 fully saturated rings. The van der Waals surface area contributed by atoms with Crippen LogP contribution in [-0.2, 0) is 0 Å². The lowest BCUT2D eigenvalue weighted by Gasteiger charge is -2.16. The van der Waals surface area contributed by atoms with E-state index in [2.05, 4.69) is 29.4 Å². The van der Waals surface area contributed by atoms with Crippen LogP contribution in [0.25, 0.3) is 0 Å². The summed E-state index contributed by atoms with van der Waals surface area (Å²) in [7, 11) is 0. The second kappa shape index (κ2) is 11.1. The number of guanidine groups is 1. The summed E-state index contributed by atoms with van der Waals surface area (Å²) < 4.78 is 0. The minimum Gasteiger partial charge on any atom is -0.388 e. The Morgan fingerprint density at radius 1 is 1.28 bits per heavy atom. The molecular weight excluding hydrogens is 312 g/mol. The van der Waals surface area contributed by atoms with E-state index in [4.69, 9.17) is 4.99 Å².